The molecule has 1 aromatic heterocycles. The average molecular weight is 527 g/mol. The summed E-state index contributed by atoms with van der Waals surface area (Å²) in [5, 5.41) is 22.9. The van der Waals surface area contributed by atoms with E-state index in [4.69, 9.17) is 30.0 Å². The van der Waals surface area contributed by atoms with Crippen molar-refractivity contribution in [1.29, 1.82) is 0 Å². The largest absolute Gasteiger partial charge is 2.00 e. The fourth-order valence-corrected chi connectivity index (χ4v) is 2.33. The minimum absolute atomic E-state index is 0. The van der Waals surface area contributed by atoms with Crippen molar-refractivity contribution in [3.05, 3.63) is 30.1 Å². The van der Waals surface area contributed by atoms with Gasteiger partial charge in [-0.1, -0.05) is 19.9 Å². The molecule has 11 heteroatoms. The van der Waals surface area contributed by atoms with Crippen molar-refractivity contribution in [2.24, 2.45) is 26.3 Å². The van der Waals surface area contributed by atoms with Gasteiger partial charge in [0.1, 0.15) is 5.71 Å². The van der Waals surface area contributed by atoms with Gasteiger partial charge in [0.2, 0.25) is 0 Å². The zero-order chi connectivity index (χ0) is 23.3. The number of aromatic nitrogens is 1. The molecule has 1 rings (SSSR count). The van der Waals surface area contributed by atoms with Gasteiger partial charge in [0.05, 0.1) is 17.0 Å². The summed E-state index contributed by atoms with van der Waals surface area (Å²) < 4.78 is 5.90. The zero-order valence-corrected chi connectivity index (χ0v) is 22.1. The van der Waals surface area contributed by atoms with Gasteiger partial charge >= 0.3 is 17.1 Å². The van der Waals surface area contributed by atoms with Gasteiger partial charge in [-0.2, -0.15) is 15.3 Å². The summed E-state index contributed by atoms with van der Waals surface area (Å²) in [4.78, 5) is 4.31. The maximum atomic E-state index is 5.90. The molecule has 8 nitrogen and oxygen atoms in total. The van der Waals surface area contributed by atoms with E-state index in [1.165, 1.54) is 0 Å². The summed E-state index contributed by atoms with van der Waals surface area (Å²) in [6, 6.07) is 5.50. The van der Waals surface area contributed by atoms with Crippen molar-refractivity contribution >= 4 is 47.0 Å². The molecule has 0 spiro atoms. The Morgan fingerprint density at radius 3 is 2.44 bits per heavy atom. The van der Waals surface area contributed by atoms with Crippen LogP contribution in [0.5, 0.6) is 0 Å². The van der Waals surface area contributed by atoms with Crippen molar-refractivity contribution in [3.63, 3.8) is 0 Å². The van der Waals surface area contributed by atoms with Crippen molar-refractivity contribution in [1.82, 2.24) is 15.6 Å². The molecule has 1 atom stereocenters. The van der Waals surface area contributed by atoms with Gasteiger partial charge < -0.3 is 40.6 Å². The van der Waals surface area contributed by atoms with E-state index in [0.29, 0.717) is 41.4 Å². The summed E-state index contributed by atoms with van der Waals surface area (Å²) in [6.45, 7) is 11.7. The van der Waals surface area contributed by atoms with Crippen LogP contribution in [0, 0.1) is 5.92 Å². The average Bonchev–Trinajstić information content (AvgIpc) is 2.76. The predicted octanol–water partition coefficient (Wildman–Crippen LogP) is 3.01. The Hall–Kier alpha value is -1.65. The van der Waals surface area contributed by atoms with Crippen LogP contribution in [0.15, 0.2) is 44.8 Å². The fourth-order valence-electron chi connectivity index (χ4n) is 2.16. The Labute approximate surface area is 213 Å². The molecule has 0 bridgehead atoms. The number of ether oxygens (including phenoxy) is 1. The maximum absolute atomic E-state index is 5.90. The molecule has 0 fully saturated rings. The van der Waals surface area contributed by atoms with E-state index >= 15 is 0 Å². The molecule has 0 aliphatic heterocycles. The summed E-state index contributed by atoms with van der Waals surface area (Å²) in [5.74, 6) is 0.387. The number of pyridine rings is 1. The molecule has 0 amide bonds. The number of hydrogen-bond donors (Lipinski definition) is 2. The standard InChI is InChI=1S/C21H35N7OS2.Cu/c1-7-21(4,5)29-13-11-15(2)14-24-20(31)28-25-16(3)18(26-27-19(30)22-6)17-10-8-9-12-23-17;/h8-10,12,15H,7,11,13-14H2,1-6H3,(H2,22,27,30)(H2,24,28,31);/q;+2/p-2/b25-16+,26-18-;. The summed E-state index contributed by atoms with van der Waals surface area (Å²) in [5.41, 5.74) is 1.52. The molecule has 181 valence electrons. The van der Waals surface area contributed by atoms with Crippen LogP contribution in [-0.4, -0.2) is 52.5 Å². The van der Waals surface area contributed by atoms with Crippen LogP contribution < -0.4 is 10.6 Å². The normalized spacial score (nSPS) is 14.6. The van der Waals surface area contributed by atoms with Gasteiger partial charge in [0.15, 0.2) is 0 Å². The van der Waals surface area contributed by atoms with Crippen LogP contribution >= 0.6 is 0 Å². The smallest absolute Gasteiger partial charge is 0.741 e. The van der Waals surface area contributed by atoms with E-state index in [1.54, 1.807) is 20.2 Å². The monoisotopic (exact) mass is 526 g/mol. The van der Waals surface area contributed by atoms with E-state index in [1.807, 2.05) is 18.2 Å². The summed E-state index contributed by atoms with van der Waals surface area (Å²) in [6.07, 6.45) is 3.59. The molecule has 0 aliphatic rings. The van der Waals surface area contributed by atoms with Gasteiger partial charge in [0, 0.05) is 26.4 Å². The van der Waals surface area contributed by atoms with Crippen molar-refractivity contribution < 1.29 is 21.8 Å². The molecule has 1 heterocycles. The van der Waals surface area contributed by atoms with E-state index in [9.17, 15) is 0 Å². The fraction of sp³-hybridized carbons (Fsp3) is 0.571. The Balaban J connectivity index is 0.00000961. The number of hydrogen-bond acceptors (Lipinski definition) is 8. The summed E-state index contributed by atoms with van der Waals surface area (Å²) >= 11 is 10.3. The van der Waals surface area contributed by atoms with Gasteiger partial charge in [-0.05, 0) is 62.0 Å². The van der Waals surface area contributed by atoms with E-state index in [-0.39, 0.29) is 27.8 Å². The minimum atomic E-state index is -0.0832. The number of amidine groups is 2. The van der Waals surface area contributed by atoms with Crippen LogP contribution in [0.2, 0.25) is 0 Å². The van der Waals surface area contributed by atoms with E-state index in [0.717, 1.165) is 12.8 Å². The first-order chi connectivity index (χ1) is 14.7. The Morgan fingerprint density at radius 1 is 1.16 bits per heavy atom. The SMILES string of the molecule is CCC(C)(C)OCCC(C)CN/C([S-])=N/N=C(C)/C(=N/N=C(\[S-])NC)c1ccccn1.[Cu+2]. The molecule has 0 saturated carbocycles. The molecular formula is C21H33CuN7OS2. The number of nitrogens with zero attached hydrogens (tertiary/aromatic N) is 5. The predicted molar refractivity (Wildman–Crippen MR) is 135 cm³/mol. The first kappa shape index (κ1) is 30.3. The van der Waals surface area contributed by atoms with E-state index in [2.05, 4.69) is 63.7 Å². The minimum Gasteiger partial charge on any atom is -0.741 e. The quantitative estimate of drug-likeness (QED) is 0.151. The first-order valence-electron chi connectivity index (χ1n) is 10.3. The molecular weight excluding hydrogens is 494 g/mol. The first-order valence-corrected chi connectivity index (χ1v) is 11.1. The molecule has 2 N–H and O–H groups in total. The van der Waals surface area contributed by atoms with Crippen LogP contribution in [-0.2, 0) is 47.1 Å². The van der Waals surface area contributed by atoms with Crippen molar-refractivity contribution in [2.45, 2.75) is 53.1 Å². The molecule has 32 heavy (non-hydrogen) atoms. The number of rotatable bonds is 11. The van der Waals surface area contributed by atoms with E-state index < -0.39 is 0 Å². The van der Waals surface area contributed by atoms with Crippen LogP contribution in [0.25, 0.3) is 0 Å². The van der Waals surface area contributed by atoms with Gasteiger partial charge in [-0.3, -0.25) is 4.98 Å². The third-order valence-electron chi connectivity index (χ3n) is 4.55. The van der Waals surface area contributed by atoms with Gasteiger partial charge in [-0.25, -0.2) is 0 Å². The molecule has 0 saturated heterocycles. The Bertz CT molecular complexity index is 799. The van der Waals surface area contributed by atoms with Crippen molar-refractivity contribution in [2.75, 3.05) is 20.2 Å². The molecule has 1 unspecified atom stereocenters. The molecule has 1 aromatic rings. The van der Waals surface area contributed by atoms with Crippen molar-refractivity contribution in [3.8, 4) is 0 Å². The second-order valence-corrected chi connectivity index (χ2v) is 8.42. The number of nitrogens with one attached hydrogen (secondary N) is 2. The topological polar surface area (TPSA) is 95.6 Å². The third kappa shape index (κ3) is 12.4. The maximum Gasteiger partial charge on any atom is 2.00 e. The summed E-state index contributed by atoms with van der Waals surface area (Å²) in [7, 11) is 1.68. The molecule has 0 aromatic carbocycles. The van der Waals surface area contributed by atoms with Gasteiger partial charge in [-0.15, -0.1) is 5.10 Å². The van der Waals surface area contributed by atoms with Gasteiger partial charge in [0.25, 0.3) is 0 Å². The Kier molecular flexibility index (Phi) is 15.2. The van der Waals surface area contributed by atoms with Crippen LogP contribution in [0.3, 0.4) is 0 Å². The zero-order valence-electron chi connectivity index (χ0n) is 19.5. The second-order valence-electron chi connectivity index (χ2n) is 7.65. The van der Waals surface area contributed by atoms with Crippen LogP contribution in [0.1, 0.15) is 53.2 Å². The second kappa shape index (κ2) is 16.0. The third-order valence-corrected chi connectivity index (χ3v) is 5.06. The Morgan fingerprint density at radius 2 is 1.84 bits per heavy atom. The van der Waals surface area contributed by atoms with Crippen LogP contribution in [0.4, 0.5) is 0 Å². The molecule has 1 radical (unpaired) electrons. The molecule has 0 aliphatic carbocycles.